The Bertz CT molecular complexity index is 610. The number of hydrogen-bond donors (Lipinski definition) is 4. The van der Waals surface area contributed by atoms with E-state index in [1.165, 1.54) is 135 Å². The van der Waals surface area contributed by atoms with E-state index in [0.29, 0.717) is 0 Å². The summed E-state index contributed by atoms with van der Waals surface area (Å²) >= 11 is 0. The van der Waals surface area contributed by atoms with Crippen LogP contribution in [0.5, 0.6) is 0 Å². The quantitative estimate of drug-likeness (QED) is 0.0688. The van der Waals surface area contributed by atoms with E-state index in [-0.39, 0.29) is 0 Å². The Kier molecular flexibility index (Phi) is 41.9. The molecule has 0 spiro atoms. The second-order valence-electron chi connectivity index (χ2n) is 13.2. The van der Waals surface area contributed by atoms with Crippen LogP contribution >= 0.6 is 0 Å². The number of nitrogens with zero attached hydrogens (tertiary/aromatic N) is 3. The Balaban J connectivity index is -0.000000256. The first kappa shape index (κ1) is 51.1. The fourth-order valence-corrected chi connectivity index (χ4v) is 4.34. The van der Waals surface area contributed by atoms with Gasteiger partial charge in [-0.1, -0.05) is 117 Å². The van der Waals surface area contributed by atoms with Crippen molar-refractivity contribution in [1.29, 1.82) is 0 Å². The highest BCUT2D eigenvalue weighted by Crippen LogP contribution is 2.15. The second kappa shape index (κ2) is 37.7. The third kappa shape index (κ3) is 49.1. The standard InChI is InChI=1S/3C10H23N.C6H8O7/c3*1-4-5-6-7-8-9-10-11(2)3;7-3(8)1-6(13,5(11)12)2-4(9)10/h3*4-10H2,1-3H3;13H,1-2H2,(H,7,8)(H,9,10)(H,11,12). The molecular formula is C36H77N3O7. The molecule has 0 saturated carbocycles. The molecule has 0 aromatic rings. The van der Waals surface area contributed by atoms with Crippen molar-refractivity contribution in [2.24, 2.45) is 0 Å². The summed E-state index contributed by atoms with van der Waals surface area (Å²) in [7, 11) is 12.9. The van der Waals surface area contributed by atoms with Crippen LogP contribution in [0.3, 0.4) is 0 Å². The Morgan fingerprint density at radius 2 is 0.652 bits per heavy atom. The van der Waals surface area contributed by atoms with E-state index in [1.807, 2.05) is 0 Å². The van der Waals surface area contributed by atoms with Gasteiger partial charge in [0.2, 0.25) is 0 Å². The Morgan fingerprint density at radius 3 is 0.826 bits per heavy atom. The average Bonchev–Trinajstić information content (AvgIpc) is 2.94. The summed E-state index contributed by atoms with van der Waals surface area (Å²) in [6, 6.07) is 0. The van der Waals surface area contributed by atoms with Crippen molar-refractivity contribution in [3.8, 4) is 0 Å². The van der Waals surface area contributed by atoms with E-state index in [0.717, 1.165) is 0 Å². The largest absolute Gasteiger partial charge is 0.481 e. The molecule has 0 amide bonds. The van der Waals surface area contributed by atoms with Gasteiger partial charge >= 0.3 is 17.9 Å². The van der Waals surface area contributed by atoms with Crippen LogP contribution in [-0.4, -0.2) is 121 Å². The van der Waals surface area contributed by atoms with E-state index < -0.39 is 36.4 Å². The lowest BCUT2D eigenvalue weighted by Gasteiger charge is -2.18. The maximum atomic E-state index is 10.3. The first-order valence-electron chi connectivity index (χ1n) is 17.9. The van der Waals surface area contributed by atoms with Gasteiger partial charge in [-0.25, -0.2) is 4.79 Å². The van der Waals surface area contributed by atoms with Gasteiger partial charge in [0.15, 0.2) is 5.60 Å². The molecule has 0 aromatic carbocycles. The van der Waals surface area contributed by atoms with Crippen molar-refractivity contribution in [3.05, 3.63) is 0 Å². The summed E-state index contributed by atoms with van der Waals surface area (Å²) in [5.74, 6) is -5.02. The van der Waals surface area contributed by atoms with Gasteiger partial charge in [0.25, 0.3) is 0 Å². The molecule has 0 aromatic heterocycles. The van der Waals surface area contributed by atoms with E-state index >= 15 is 0 Å². The van der Waals surface area contributed by atoms with Crippen LogP contribution < -0.4 is 0 Å². The molecule has 4 N–H and O–H groups in total. The van der Waals surface area contributed by atoms with Crippen LogP contribution in [0.4, 0.5) is 0 Å². The summed E-state index contributed by atoms with van der Waals surface area (Å²) in [5.41, 5.74) is -2.74. The van der Waals surface area contributed by atoms with E-state index in [2.05, 4.69) is 77.8 Å². The van der Waals surface area contributed by atoms with Gasteiger partial charge in [-0.05, 0) is 81.2 Å². The molecular weight excluding hydrogens is 586 g/mol. The fraction of sp³-hybridized carbons (Fsp3) is 0.917. The minimum absolute atomic E-state index is 1.14. The molecule has 0 heterocycles. The van der Waals surface area contributed by atoms with Crippen molar-refractivity contribution >= 4 is 17.9 Å². The highest BCUT2D eigenvalue weighted by Gasteiger charge is 2.40. The zero-order chi connectivity index (χ0) is 36.2. The van der Waals surface area contributed by atoms with Crippen molar-refractivity contribution in [1.82, 2.24) is 14.7 Å². The summed E-state index contributed by atoms with van der Waals surface area (Å²) in [6.07, 6.45) is 23.0. The Morgan fingerprint density at radius 1 is 0.435 bits per heavy atom. The topological polar surface area (TPSA) is 142 Å². The van der Waals surface area contributed by atoms with Crippen LogP contribution in [0, 0.1) is 0 Å². The molecule has 46 heavy (non-hydrogen) atoms. The Labute approximate surface area is 283 Å². The molecule has 0 aliphatic heterocycles. The monoisotopic (exact) mass is 664 g/mol. The number of hydrogen-bond acceptors (Lipinski definition) is 7. The summed E-state index contributed by atoms with van der Waals surface area (Å²) in [4.78, 5) is 37.3. The second-order valence-corrected chi connectivity index (χ2v) is 13.2. The third-order valence-corrected chi connectivity index (χ3v) is 7.16. The van der Waals surface area contributed by atoms with Gasteiger partial charge in [0, 0.05) is 0 Å². The van der Waals surface area contributed by atoms with Crippen LogP contribution in [-0.2, 0) is 14.4 Å². The smallest absolute Gasteiger partial charge is 0.336 e. The normalized spacial score (nSPS) is 10.9. The molecule has 0 atom stereocenters. The lowest BCUT2D eigenvalue weighted by molar-refractivity contribution is -0.170. The lowest BCUT2D eigenvalue weighted by atomic mass is 9.96. The molecule has 0 aliphatic carbocycles. The first-order chi connectivity index (χ1) is 21.6. The van der Waals surface area contributed by atoms with Crippen molar-refractivity contribution in [3.63, 3.8) is 0 Å². The number of aliphatic carboxylic acids is 3. The molecule has 0 aliphatic rings. The van der Waals surface area contributed by atoms with Gasteiger partial charge in [0.1, 0.15) is 0 Å². The summed E-state index contributed by atoms with van der Waals surface area (Å²) < 4.78 is 0. The van der Waals surface area contributed by atoms with Gasteiger partial charge in [-0.15, -0.1) is 0 Å². The summed E-state index contributed by atoms with van der Waals surface area (Å²) in [5, 5.41) is 33.8. The number of carboxylic acids is 3. The molecule has 0 bridgehead atoms. The highest BCUT2D eigenvalue weighted by atomic mass is 16.4. The minimum Gasteiger partial charge on any atom is -0.481 e. The molecule has 0 fully saturated rings. The molecule has 10 nitrogen and oxygen atoms in total. The van der Waals surface area contributed by atoms with Crippen LogP contribution in [0.2, 0.25) is 0 Å². The predicted molar refractivity (Wildman–Crippen MR) is 193 cm³/mol. The Hall–Kier alpha value is -1.75. The SMILES string of the molecule is CCCCCCCCN(C)C.CCCCCCCCN(C)C.CCCCCCCCN(C)C.O=C(O)CC(O)(CC(=O)O)C(=O)O. The van der Waals surface area contributed by atoms with Gasteiger partial charge in [0.05, 0.1) is 12.8 Å². The fourth-order valence-electron chi connectivity index (χ4n) is 4.34. The number of carbonyl (C=O) groups is 3. The molecule has 0 unspecified atom stereocenters. The minimum atomic E-state index is -2.74. The predicted octanol–water partition coefficient (Wildman–Crippen LogP) is 7.48. The number of unbranched alkanes of at least 4 members (excludes halogenated alkanes) is 15. The molecule has 278 valence electrons. The zero-order valence-corrected chi connectivity index (χ0v) is 31.6. The number of aliphatic hydroxyl groups is 1. The van der Waals surface area contributed by atoms with Crippen LogP contribution in [0.15, 0.2) is 0 Å². The maximum absolute atomic E-state index is 10.3. The van der Waals surface area contributed by atoms with Crippen LogP contribution in [0.25, 0.3) is 0 Å². The van der Waals surface area contributed by atoms with E-state index in [9.17, 15) is 14.4 Å². The van der Waals surface area contributed by atoms with Gasteiger partial charge in [-0.3, -0.25) is 9.59 Å². The summed E-state index contributed by atoms with van der Waals surface area (Å²) in [6.45, 7) is 10.6. The molecule has 0 radical (unpaired) electrons. The molecule has 0 saturated heterocycles. The van der Waals surface area contributed by atoms with Crippen molar-refractivity contribution < 1.29 is 34.8 Å². The number of rotatable bonds is 26. The van der Waals surface area contributed by atoms with Crippen molar-refractivity contribution in [2.75, 3.05) is 61.9 Å². The average molecular weight is 664 g/mol. The lowest BCUT2D eigenvalue weighted by Crippen LogP contribution is -2.42. The van der Waals surface area contributed by atoms with Gasteiger partial charge < -0.3 is 35.1 Å². The van der Waals surface area contributed by atoms with Crippen LogP contribution in [0.1, 0.15) is 149 Å². The highest BCUT2D eigenvalue weighted by molar-refractivity contribution is 5.88. The molecule has 0 rings (SSSR count). The zero-order valence-electron chi connectivity index (χ0n) is 31.6. The van der Waals surface area contributed by atoms with Gasteiger partial charge in [-0.2, -0.15) is 0 Å². The van der Waals surface area contributed by atoms with E-state index in [1.54, 1.807) is 0 Å². The number of carboxylic acid groups (broad SMARTS) is 3. The third-order valence-electron chi connectivity index (χ3n) is 7.16. The van der Waals surface area contributed by atoms with Crippen molar-refractivity contribution in [2.45, 2.75) is 155 Å². The molecule has 10 heteroatoms. The van der Waals surface area contributed by atoms with E-state index in [4.69, 9.17) is 20.4 Å². The maximum Gasteiger partial charge on any atom is 0.336 e. The first-order valence-corrected chi connectivity index (χ1v) is 17.9.